The molecule has 0 saturated carbocycles. The normalized spacial score (nSPS) is 11.7. The molecular weight excluding hydrogens is 276 g/mol. The monoisotopic (exact) mass is 296 g/mol. The van der Waals surface area contributed by atoms with Crippen molar-refractivity contribution >= 4 is 12.0 Å². The van der Waals surface area contributed by atoms with Crippen molar-refractivity contribution in [1.82, 2.24) is 10.6 Å². The van der Waals surface area contributed by atoms with Gasteiger partial charge in [-0.05, 0) is 5.56 Å². The van der Waals surface area contributed by atoms with E-state index in [1.165, 1.54) is 0 Å². The molecule has 0 aromatic heterocycles. The number of carbonyl (C=O) groups is 2. The van der Waals surface area contributed by atoms with E-state index in [1.807, 2.05) is 0 Å². The Bertz CT molecular complexity index is 438. The highest BCUT2D eigenvalue weighted by molar-refractivity contribution is 5.83. The Morgan fingerprint density at radius 2 is 1.90 bits per heavy atom. The zero-order chi connectivity index (χ0) is 15.5. The van der Waals surface area contributed by atoms with Crippen LogP contribution in [0.25, 0.3) is 0 Å². The molecule has 3 N–H and O–H groups in total. The molecule has 0 saturated heterocycles. The molecule has 2 amide bonds. The summed E-state index contributed by atoms with van der Waals surface area (Å²) in [5.74, 6) is -1.12. The maximum absolute atomic E-state index is 11.7. The number of benzene rings is 1. The predicted molar refractivity (Wildman–Crippen MR) is 76.0 cm³/mol. The van der Waals surface area contributed by atoms with E-state index >= 15 is 0 Å². The summed E-state index contributed by atoms with van der Waals surface area (Å²) in [7, 11) is 1.57. The van der Waals surface area contributed by atoms with Gasteiger partial charge in [-0.15, -0.1) is 0 Å². The Kier molecular flexibility index (Phi) is 7.85. The van der Waals surface area contributed by atoms with E-state index in [0.29, 0.717) is 25.4 Å². The second kappa shape index (κ2) is 9.73. The van der Waals surface area contributed by atoms with Gasteiger partial charge < -0.3 is 25.2 Å². The molecule has 0 radical (unpaired) electrons. The summed E-state index contributed by atoms with van der Waals surface area (Å²) in [6.45, 7) is 1.55. The van der Waals surface area contributed by atoms with Gasteiger partial charge in [0.25, 0.3) is 0 Å². The maximum atomic E-state index is 11.7. The second-order valence-corrected chi connectivity index (χ2v) is 4.19. The van der Waals surface area contributed by atoms with Gasteiger partial charge in [0, 0.05) is 13.7 Å². The van der Waals surface area contributed by atoms with Gasteiger partial charge in [0.2, 0.25) is 0 Å². The van der Waals surface area contributed by atoms with E-state index in [2.05, 4.69) is 10.6 Å². The van der Waals surface area contributed by atoms with Gasteiger partial charge in [0.1, 0.15) is 0 Å². The minimum absolute atomic E-state index is 0.288. The number of carboxylic acid groups (broad SMARTS) is 1. The van der Waals surface area contributed by atoms with E-state index in [-0.39, 0.29) is 6.54 Å². The molecule has 7 heteroatoms. The number of rotatable bonds is 9. The number of carboxylic acids is 1. The van der Waals surface area contributed by atoms with Crippen LogP contribution in [0.3, 0.4) is 0 Å². The molecule has 7 nitrogen and oxygen atoms in total. The third kappa shape index (κ3) is 6.73. The van der Waals surface area contributed by atoms with Crippen LogP contribution in [0.2, 0.25) is 0 Å². The van der Waals surface area contributed by atoms with Crippen molar-refractivity contribution < 1.29 is 24.2 Å². The minimum atomic E-state index is -1.12. The van der Waals surface area contributed by atoms with Crippen LogP contribution in [0, 0.1) is 0 Å². The Hall–Kier alpha value is -2.12. The smallest absolute Gasteiger partial charge is 0.330 e. The van der Waals surface area contributed by atoms with Gasteiger partial charge in [0.15, 0.2) is 6.04 Å². The first-order valence-corrected chi connectivity index (χ1v) is 6.54. The summed E-state index contributed by atoms with van der Waals surface area (Å²) in [4.78, 5) is 22.9. The first kappa shape index (κ1) is 16.9. The molecule has 1 aromatic carbocycles. The van der Waals surface area contributed by atoms with Crippen molar-refractivity contribution in [2.75, 3.05) is 33.5 Å². The van der Waals surface area contributed by atoms with Gasteiger partial charge in [-0.25, -0.2) is 9.59 Å². The number of methoxy groups -OCH3 is 1. The van der Waals surface area contributed by atoms with E-state index in [0.717, 1.165) is 0 Å². The Labute approximate surface area is 123 Å². The third-order valence-corrected chi connectivity index (χ3v) is 2.62. The summed E-state index contributed by atoms with van der Waals surface area (Å²) < 4.78 is 9.99. The number of hydrogen-bond acceptors (Lipinski definition) is 4. The van der Waals surface area contributed by atoms with Crippen molar-refractivity contribution in [1.29, 1.82) is 0 Å². The lowest BCUT2D eigenvalue weighted by Crippen LogP contribution is -2.42. The molecule has 1 atom stereocenters. The lowest BCUT2D eigenvalue weighted by Gasteiger charge is -2.15. The van der Waals surface area contributed by atoms with Crippen molar-refractivity contribution in [3.05, 3.63) is 35.9 Å². The fourth-order valence-corrected chi connectivity index (χ4v) is 1.60. The molecule has 0 aliphatic heterocycles. The molecule has 0 bridgehead atoms. The zero-order valence-electron chi connectivity index (χ0n) is 11.9. The lowest BCUT2D eigenvalue weighted by atomic mass is 10.1. The number of aliphatic carboxylic acids is 1. The van der Waals surface area contributed by atoms with Crippen LogP contribution in [0.1, 0.15) is 11.6 Å². The Morgan fingerprint density at radius 3 is 2.52 bits per heavy atom. The average molecular weight is 296 g/mol. The molecule has 1 aromatic rings. The average Bonchev–Trinajstić information content (AvgIpc) is 2.49. The highest BCUT2D eigenvalue weighted by Crippen LogP contribution is 2.12. The van der Waals surface area contributed by atoms with Crippen LogP contribution in [0.4, 0.5) is 4.79 Å². The lowest BCUT2D eigenvalue weighted by molar-refractivity contribution is -0.139. The van der Waals surface area contributed by atoms with Gasteiger partial charge in [0.05, 0.1) is 19.8 Å². The van der Waals surface area contributed by atoms with Crippen molar-refractivity contribution in [3.8, 4) is 0 Å². The SMILES string of the molecule is COCCOCCNC(=O)N[C@@H](C(=O)O)c1ccccc1. The van der Waals surface area contributed by atoms with Crippen LogP contribution in [0.15, 0.2) is 30.3 Å². The minimum Gasteiger partial charge on any atom is -0.479 e. The topological polar surface area (TPSA) is 96.9 Å². The Balaban J connectivity index is 2.35. The van der Waals surface area contributed by atoms with Crippen molar-refractivity contribution in [3.63, 3.8) is 0 Å². The first-order valence-electron chi connectivity index (χ1n) is 6.54. The number of carbonyl (C=O) groups excluding carboxylic acids is 1. The number of ether oxygens (including phenoxy) is 2. The van der Waals surface area contributed by atoms with Crippen LogP contribution in [-0.4, -0.2) is 50.6 Å². The van der Waals surface area contributed by atoms with Crippen LogP contribution in [-0.2, 0) is 14.3 Å². The molecule has 0 aliphatic rings. The van der Waals surface area contributed by atoms with Crippen LogP contribution in [0.5, 0.6) is 0 Å². The molecule has 0 aliphatic carbocycles. The van der Waals surface area contributed by atoms with Gasteiger partial charge in [-0.1, -0.05) is 30.3 Å². The second-order valence-electron chi connectivity index (χ2n) is 4.19. The highest BCUT2D eigenvalue weighted by Gasteiger charge is 2.21. The summed E-state index contributed by atoms with van der Waals surface area (Å²) in [5.41, 5.74) is 0.511. The third-order valence-electron chi connectivity index (χ3n) is 2.62. The highest BCUT2D eigenvalue weighted by atomic mass is 16.5. The number of urea groups is 1. The summed E-state index contributed by atoms with van der Waals surface area (Å²) in [6, 6.07) is 6.87. The van der Waals surface area contributed by atoms with E-state index in [9.17, 15) is 9.59 Å². The quantitative estimate of drug-likeness (QED) is 0.585. The largest absolute Gasteiger partial charge is 0.479 e. The first-order chi connectivity index (χ1) is 10.1. The van der Waals surface area contributed by atoms with Gasteiger partial charge in [-0.2, -0.15) is 0 Å². The van der Waals surface area contributed by atoms with Gasteiger partial charge >= 0.3 is 12.0 Å². The van der Waals surface area contributed by atoms with Crippen molar-refractivity contribution in [2.24, 2.45) is 0 Å². The number of amides is 2. The fourth-order valence-electron chi connectivity index (χ4n) is 1.60. The number of nitrogens with one attached hydrogen (secondary N) is 2. The number of hydrogen-bond donors (Lipinski definition) is 3. The summed E-state index contributed by atoms with van der Waals surface area (Å²) in [6.07, 6.45) is 0. The van der Waals surface area contributed by atoms with Crippen LogP contribution >= 0.6 is 0 Å². The molecule has 0 fully saturated rings. The molecule has 0 heterocycles. The van der Waals surface area contributed by atoms with Crippen molar-refractivity contribution in [2.45, 2.75) is 6.04 Å². The zero-order valence-corrected chi connectivity index (χ0v) is 11.9. The summed E-state index contributed by atoms with van der Waals surface area (Å²) >= 11 is 0. The summed E-state index contributed by atoms with van der Waals surface area (Å²) in [5, 5.41) is 14.1. The molecule has 116 valence electrons. The van der Waals surface area contributed by atoms with E-state index in [1.54, 1.807) is 37.4 Å². The molecule has 1 rings (SSSR count). The van der Waals surface area contributed by atoms with Crippen LogP contribution < -0.4 is 10.6 Å². The predicted octanol–water partition coefficient (Wildman–Crippen LogP) is 0.775. The molecule has 21 heavy (non-hydrogen) atoms. The van der Waals surface area contributed by atoms with Gasteiger partial charge in [-0.3, -0.25) is 0 Å². The Morgan fingerprint density at radius 1 is 1.19 bits per heavy atom. The molecule has 0 spiro atoms. The van der Waals surface area contributed by atoms with E-state index in [4.69, 9.17) is 14.6 Å². The molecular formula is C14H20N2O5. The maximum Gasteiger partial charge on any atom is 0.330 e. The standard InChI is InChI=1S/C14H20N2O5/c1-20-9-10-21-8-7-15-14(19)16-12(13(17)18)11-5-3-2-4-6-11/h2-6,12H,7-10H2,1H3,(H,17,18)(H2,15,16,19)/t12-/m1/s1. The fraction of sp³-hybridized carbons (Fsp3) is 0.429. The van der Waals surface area contributed by atoms with E-state index < -0.39 is 18.0 Å². The molecule has 0 unspecified atom stereocenters.